The van der Waals surface area contributed by atoms with Gasteiger partial charge in [0.15, 0.2) is 0 Å². The molecular formula is C14H27NO3. The first-order valence-electron chi connectivity index (χ1n) is 7.11. The van der Waals surface area contributed by atoms with Crippen molar-refractivity contribution in [1.29, 1.82) is 0 Å². The van der Waals surface area contributed by atoms with Gasteiger partial charge < -0.3 is 10.1 Å². The van der Waals surface area contributed by atoms with Crippen LogP contribution in [0.3, 0.4) is 0 Å². The van der Waals surface area contributed by atoms with Crippen molar-refractivity contribution in [3.8, 4) is 0 Å². The van der Waals surface area contributed by atoms with Gasteiger partial charge in [0.2, 0.25) is 5.91 Å². The fourth-order valence-electron chi connectivity index (χ4n) is 1.62. The number of hydrogen-bond donors (Lipinski definition) is 1. The molecule has 0 fully saturated rings. The van der Waals surface area contributed by atoms with Crippen molar-refractivity contribution in [2.24, 2.45) is 0 Å². The van der Waals surface area contributed by atoms with Gasteiger partial charge in [0.25, 0.3) is 0 Å². The smallest absolute Gasteiger partial charge is 0.328 e. The van der Waals surface area contributed by atoms with Crippen molar-refractivity contribution in [3.63, 3.8) is 0 Å². The van der Waals surface area contributed by atoms with Crippen LogP contribution in [-0.4, -0.2) is 24.5 Å². The van der Waals surface area contributed by atoms with Crippen LogP contribution in [0.15, 0.2) is 0 Å². The SMILES string of the molecule is CCCCCCOC(=O)C(CC)NC(=O)CCC. The molecule has 0 rings (SSSR count). The molecule has 4 heteroatoms. The molecule has 0 radical (unpaired) electrons. The number of ether oxygens (including phenoxy) is 1. The highest BCUT2D eigenvalue weighted by Gasteiger charge is 2.19. The van der Waals surface area contributed by atoms with E-state index in [4.69, 9.17) is 4.74 Å². The largest absolute Gasteiger partial charge is 0.464 e. The summed E-state index contributed by atoms with van der Waals surface area (Å²) in [4.78, 5) is 23.1. The zero-order valence-electron chi connectivity index (χ0n) is 12.0. The topological polar surface area (TPSA) is 55.4 Å². The minimum absolute atomic E-state index is 0.0766. The van der Waals surface area contributed by atoms with Crippen LogP contribution >= 0.6 is 0 Å². The molecule has 0 bridgehead atoms. The summed E-state index contributed by atoms with van der Waals surface area (Å²) in [5.41, 5.74) is 0. The maximum absolute atomic E-state index is 11.7. The third-order valence-corrected chi connectivity index (χ3v) is 2.75. The van der Waals surface area contributed by atoms with E-state index in [0.29, 0.717) is 19.4 Å². The van der Waals surface area contributed by atoms with E-state index in [1.165, 1.54) is 12.8 Å². The molecule has 0 saturated carbocycles. The van der Waals surface area contributed by atoms with E-state index in [1.807, 2.05) is 13.8 Å². The van der Waals surface area contributed by atoms with E-state index in [0.717, 1.165) is 19.3 Å². The summed E-state index contributed by atoms with van der Waals surface area (Å²) in [6.07, 6.45) is 6.14. The fraction of sp³-hybridized carbons (Fsp3) is 0.857. The van der Waals surface area contributed by atoms with Crippen molar-refractivity contribution >= 4 is 11.9 Å². The summed E-state index contributed by atoms with van der Waals surface area (Å²) >= 11 is 0. The quantitative estimate of drug-likeness (QED) is 0.483. The lowest BCUT2D eigenvalue weighted by atomic mass is 10.2. The van der Waals surface area contributed by atoms with Crippen molar-refractivity contribution < 1.29 is 14.3 Å². The minimum atomic E-state index is -0.491. The molecule has 0 aromatic rings. The van der Waals surface area contributed by atoms with Crippen LogP contribution in [0.2, 0.25) is 0 Å². The first-order chi connectivity index (χ1) is 8.65. The zero-order valence-corrected chi connectivity index (χ0v) is 12.0. The normalized spacial score (nSPS) is 11.9. The Hall–Kier alpha value is -1.06. The maximum atomic E-state index is 11.7. The number of carbonyl (C=O) groups excluding carboxylic acids is 2. The van der Waals surface area contributed by atoms with Crippen LogP contribution in [0.25, 0.3) is 0 Å². The predicted octanol–water partition coefficient (Wildman–Crippen LogP) is 2.80. The Morgan fingerprint density at radius 1 is 1.06 bits per heavy atom. The van der Waals surface area contributed by atoms with Gasteiger partial charge in [0.05, 0.1) is 6.61 Å². The van der Waals surface area contributed by atoms with Gasteiger partial charge in [-0.25, -0.2) is 4.79 Å². The number of unbranched alkanes of at least 4 members (excludes halogenated alkanes) is 3. The van der Waals surface area contributed by atoms with Crippen LogP contribution in [0.1, 0.15) is 65.7 Å². The van der Waals surface area contributed by atoms with Crippen LogP contribution in [0.5, 0.6) is 0 Å². The van der Waals surface area contributed by atoms with Gasteiger partial charge >= 0.3 is 5.97 Å². The standard InChI is InChI=1S/C14H27NO3/c1-4-7-8-9-11-18-14(17)12(6-3)15-13(16)10-5-2/h12H,4-11H2,1-3H3,(H,15,16). The second-order valence-electron chi connectivity index (χ2n) is 4.51. The molecular weight excluding hydrogens is 230 g/mol. The molecule has 1 atom stereocenters. The van der Waals surface area contributed by atoms with Crippen LogP contribution in [0, 0.1) is 0 Å². The third-order valence-electron chi connectivity index (χ3n) is 2.75. The number of nitrogens with one attached hydrogen (secondary N) is 1. The van der Waals surface area contributed by atoms with Crippen LogP contribution < -0.4 is 5.32 Å². The van der Waals surface area contributed by atoms with Crippen LogP contribution in [-0.2, 0) is 14.3 Å². The van der Waals surface area contributed by atoms with E-state index in [9.17, 15) is 9.59 Å². The van der Waals surface area contributed by atoms with Crippen molar-refractivity contribution in [3.05, 3.63) is 0 Å². The Morgan fingerprint density at radius 2 is 1.78 bits per heavy atom. The van der Waals surface area contributed by atoms with Gasteiger partial charge in [0, 0.05) is 6.42 Å². The molecule has 4 nitrogen and oxygen atoms in total. The Labute approximate surface area is 110 Å². The summed E-state index contributed by atoms with van der Waals surface area (Å²) in [5, 5.41) is 2.71. The lowest BCUT2D eigenvalue weighted by Crippen LogP contribution is -2.41. The second-order valence-corrected chi connectivity index (χ2v) is 4.51. The summed E-state index contributed by atoms with van der Waals surface area (Å²) in [6.45, 7) is 6.41. The molecule has 0 aromatic carbocycles. The average molecular weight is 257 g/mol. The summed E-state index contributed by atoms with van der Waals surface area (Å²) in [5.74, 6) is -0.384. The third kappa shape index (κ3) is 8.09. The summed E-state index contributed by atoms with van der Waals surface area (Å²) in [6, 6.07) is -0.491. The molecule has 0 aliphatic rings. The molecule has 0 aliphatic carbocycles. The van der Waals surface area contributed by atoms with Gasteiger partial charge in [-0.1, -0.05) is 40.0 Å². The number of amides is 1. The minimum Gasteiger partial charge on any atom is -0.464 e. The van der Waals surface area contributed by atoms with Crippen molar-refractivity contribution in [1.82, 2.24) is 5.32 Å². The maximum Gasteiger partial charge on any atom is 0.328 e. The van der Waals surface area contributed by atoms with E-state index in [1.54, 1.807) is 0 Å². The monoisotopic (exact) mass is 257 g/mol. The molecule has 1 N–H and O–H groups in total. The molecule has 0 saturated heterocycles. The van der Waals surface area contributed by atoms with E-state index >= 15 is 0 Å². The van der Waals surface area contributed by atoms with Crippen molar-refractivity contribution in [2.75, 3.05) is 6.61 Å². The van der Waals surface area contributed by atoms with Gasteiger partial charge in [-0.2, -0.15) is 0 Å². The molecule has 0 heterocycles. The summed E-state index contributed by atoms with van der Waals surface area (Å²) < 4.78 is 5.17. The number of hydrogen-bond acceptors (Lipinski definition) is 3. The second kappa shape index (κ2) is 11.1. The fourth-order valence-corrected chi connectivity index (χ4v) is 1.62. The highest BCUT2D eigenvalue weighted by atomic mass is 16.5. The predicted molar refractivity (Wildman–Crippen MR) is 72.2 cm³/mol. The molecule has 106 valence electrons. The van der Waals surface area contributed by atoms with Crippen LogP contribution in [0.4, 0.5) is 0 Å². The lowest BCUT2D eigenvalue weighted by molar-refractivity contribution is -0.148. The zero-order chi connectivity index (χ0) is 13.8. The Bertz CT molecular complexity index is 241. The molecule has 18 heavy (non-hydrogen) atoms. The average Bonchev–Trinajstić information content (AvgIpc) is 2.35. The van der Waals surface area contributed by atoms with Crippen molar-refractivity contribution in [2.45, 2.75) is 71.8 Å². The van der Waals surface area contributed by atoms with Gasteiger partial charge in [-0.15, -0.1) is 0 Å². The highest BCUT2D eigenvalue weighted by molar-refractivity contribution is 5.84. The lowest BCUT2D eigenvalue weighted by Gasteiger charge is -2.15. The first-order valence-corrected chi connectivity index (χ1v) is 7.11. The number of esters is 1. The highest BCUT2D eigenvalue weighted by Crippen LogP contribution is 2.02. The van der Waals surface area contributed by atoms with E-state index in [2.05, 4.69) is 12.2 Å². The van der Waals surface area contributed by atoms with Gasteiger partial charge in [0.1, 0.15) is 6.04 Å². The number of rotatable bonds is 10. The van der Waals surface area contributed by atoms with Gasteiger partial charge in [-0.3, -0.25) is 4.79 Å². The molecule has 0 spiro atoms. The Morgan fingerprint density at radius 3 is 2.33 bits per heavy atom. The molecule has 0 aromatic heterocycles. The Balaban J connectivity index is 3.85. The molecule has 1 unspecified atom stereocenters. The van der Waals surface area contributed by atoms with E-state index < -0.39 is 6.04 Å². The molecule has 1 amide bonds. The number of carbonyl (C=O) groups is 2. The molecule has 0 aliphatic heterocycles. The van der Waals surface area contributed by atoms with E-state index in [-0.39, 0.29) is 11.9 Å². The Kier molecular flexibility index (Phi) is 10.4. The first kappa shape index (κ1) is 16.9. The van der Waals surface area contributed by atoms with Gasteiger partial charge in [-0.05, 0) is 19.3 Å². The summed E-state index contributed by atoms with van der Waals surface area (Å²) in [7, 11) is 0.